The van der Waals surface area contributed by atoms with E-state index >= 15 is 0 Å². The lowest BCUT2D eigenvalue weighted by molar-refractivity contribution is -0.127. The predicted octanol–water partition coefficient (Wildman–Crippen LogP) is 7.41. The Bertz CT molecular complexity index is 2210. The van der Waals surface area contributed by atoms with Gasteiger partial charge in [0.15, 0.2) is 0 Å². The standard InChI is InChI=1S/C23H20N2O3S.C19H16O4/c26-22-21(16-17-29(28)20-14-8-3-9-15-20)23(27)25(19-12-6-2-7-13-19)24(22)18-10-4-1-5-11-18;1-12(20)11-15(13-7-3-2-4-8-13)17-18(21)14-9-5-6-10-16(14)23-19(17)22/h1-15,21H,16-17H2;2-10,15,21H,11H2,1H3. The van der Waals surface area contributed by atoms with Crippen molar-refractivity contribution in [2.24, 2.45) is 5.92 Å². The zero-order valence-corrected chi connectivity index (χ0v) is 29.1. The van der Waals surface area contributed by atoms with Gasteiger partial charge in [0, 0.05) is 23.0 Å². The maximum Gasteiger partial charge on any atom is 0.343 e. The van der Waals surface area contributed by atoms with Gasteiger partial charge in [-0.2, -0.15) is 0 Å². The molecule has 10 heteroatoms. The zero-order chi connectivity index (χ0) is 36.6. The van der Waals surface area contributed by atoms with Crippen LogP contribution in [0.15, 0.2) is 160 Å². The summed E-state index contributed by atoms with van der Waals surface area (Å²) in [5.74, 6) is -1.92. The van der Waals surface area contributed by atoms with E-state index in [1.165, 1.54) is 16.9 Å². The summed E-state index contributed by atoms with van der Waals surface area (Å²) in [7, 11) is -1.26. The van der Waals surface area contributed by atoms with Crippen molar-refractivity contribution >= 4 is 50.7 Å². The molecule has 2 heterocycles. The molecule has 1 aliphatic rings. The van der Waals surface area contributed by atoms with Crippen molar-refractivity contribution in [1.29, 1.82) is 0 Å². The lowest BCUT2D eigenvalue weighted by atomic mass is 9.87. The molecule has 262 valence electrons. The largest absolute Gasteiger partial charge is 0.507 e. The zero-order valence-electron chi connectivity index (χ0n) is 28.3. The van der Waals surface area contributed by atoms with Crippen LogP contribution in [0.3, 0.4) is 0 Å². The number of Topliss-reactive ketones (excluding diaryl/α,β-unsaturated/α-hetero) is 1. The summed E-state index contributed by atoms with van der Waals surface area (Å²) in [6.07, 6.45) is 0.354. The molecule has 0 aliphatic carbocycles. The van der Waals surface area contributed by atoms with Gasteiger partial charge in [-0.1, -0.05) is 97.1 Å². The Morgan fingerprint density at radius 2 is 1.19 bits per heavy atom. The molecule has 2 unspecified atom stereocenters. The minimum absolute atomic E-state index is 0.0641. The van der Waals surface area contributed by atoms with Crippen LogP contribution in [0.25, 0.3) is 11.0 Å². The molecule has 0 bridgehead atoms. The van der Waals surface area contributed by atoms with Crippen molar-refractivity contribution in [3.05, 3.63) is 167 Å². The number of hydrogen-bond donors (Lipinski definition) is 1. The Hall–Kier alpha value is -6.13. The molecule has 6 aromatic rings. The fourth-order valence-corrected chi connectivity index (χ4v) is 7.34. The van der Waals surface area contributed by atoms with Crippen LogP contribution in [0.5, 0.6) is 5.75 Å². The third-order valence-corrected chi connectivity index (χ3v) is 10.1. The highest BCUT2D eigenvalue weighted by Crippen LogP contribution is 2.36. The molecule has 1 saturated heterocycles. The molecule has 5 aromatic carbocycles. The number of fused-ring (bicyclic) bond motifs is 1. The van der Waals surface area contributed by atoms with Crippen LogP contribution in [0.4, 0.5) is 11.4 Å². The van der Waals surface area contributed by atoms with Crippen LogP contribution in [0.2, 0.25) is 0 Å². The highest BCUT2D eigenvalue weighted by Gasteiger charge is 2.46. The van der Waals surface area contributed by atoms with E-state index in [9.17, 15) is 28.5 Å². The van der Waals surface area contributed by atoms with Crippen molar-refractivity contribution in [2.45, 2.75) is 30.6 Å². The Morgan fingerprint density at radius 1 is 0.712 bits per heavy atom. The van der Waals surface area contributed by atoms with Crippen molar-refractivity contribution in [2.75, 3.05) is 15.8 Å². The van der Waals surface area contributed by atoms with Gasteiger partial charge in [-0.05, 0) is 67.4 Å². The number of ketones is 1. The number of hydrazine groups is 1. The Kier molecular flexibility index (Phi) is 11.2. The van der Waals surface area contributed by atoms with Crippen LogP contribution in [0, 0.1) is 5.92 Å². The number of benzene rings is 5. The monoisotopic (exact) mass is 712 g/mol. The summed E-state index contributed by atoms with van der Waals surface area (Å²) < 4.78 is 17.9. The summed E-state index contributed by atoms with van der Waals surface area (Å²) in [5.41, 5.74) is 1.89. The van der Waals surface area contributed by atoms with Crippen molar-refractivity contribution in [3.8, 4) is 5.75 Å². The molecule has 1 aromatic heterocycles. The van der Waals surface area contributed by atoms with Gasteiger partial charge < -0.3 is 9.52 Å². The number of carbonyl (C=O) groups excluding carboxylic acids is 3. The van der Waals surface area contributed by atoms with Gasteiger partial charge in [-0.25, -0.2) is 14.8 Å². The lowest BCUT2D eigenvalue weighted by Crippen LogP contribution is -2.41. The fourth-order valence-electron chi connectivity index (χ4n) is 6.20. The smallest absolute Gasteiger partial charge is 0.343 e. The summed E-state index contributed by atoms with van der Waals surface area (Å²) in [6, 6.07) is 43.3. The molecule has 1 fully saturated rings. The summed E-state index contributed by atoms with van der Waals surface area (Å²) >= 11 is 0. The van der Waals surface area contributed by atoms with Gasteiger partial charge in [0.25, 0.3) is 11.8 Å². The molecule has 7 rings (SSSR count). The highest BCUT2D eigenvalue weighted by molar-refractivity contribution is 7.85. The molecular weight excluding hydrogens is 677 g/mol. The van der Waals surface area contributed by atoms with Gasteiger partial charge in [0.2, 0.25) is 0 Å². The average molecular weight is 713 g/mol. The van der Waals surface area contributed by atoms with Gasteiger partial charge in [0.05, 0.1) is 33.1 Å². The molecule has 0 saturated carbocycles. The van der Waals surface area contributed by atoms with E-state index in [0.29, 0.717) is 27.2 Å². The van der Waals surface area contributed by atoms with Crippen LogP contribution < -0.4 is 15.6 Å². The Morgan fingerprint density at radius 3 is 1.73 bits per heavy atom. The van der Waals surface area contributed by atoms with Crippen molar-refractivity contribution in [3.63, 3.8) is 0 Å². The van der Waals surface area contributed by atoms with Crippen molar-refractivity contribution < 1.29 is 28.1 Å². The maximum atomic E-state index is 13.2. The van der Waals surface area contributed by atoms with Crippen LogP contribution in [-0.2, 0) is 25.2 Å². The van der Waals surface area contributed by atoms with E-state index in [1.807, 2.05) is 84.9 Å². The van der Waals surface area contributed by atoms with Gasteiger partial charge in [-0.3, -0.25) is 18.6 Å². The Balaban J connectivity index is 0.000000183. The van der Waals surface area contributed by atoms with Crippen molar-refractivity contribution in [1.82, 2.24) is 0 Å². The number of nitrogens with zero attached hydrogens (tertiary/aromatic N) is 2. The van der Waals surface area contributed by atoms with E-state index in [4.69, 9.17) is 4.42 Å². The maximum absolute atomic E-state index is 13.2. The van der Waals surface area contributed by atoms with E-state index in [0.717, 1.165) is 5.56 Å². The molecule has 2 atom stereocenters. The minimum atomic E-state index is -1.26. The topological polar surface area (TPSA) is 125 Å². The molecular formula is C42H36N2O7S. The first-order valence-electron chi connectivity index (χ1n) is 16.7. The van der Waals surface area contributed by atoms with E-state index in [2.05, 4.69) is 0 Å². The second-order valence-corrected chi connectivity index (χ2v) is 13.8. The highest BCUT2D eigenvalue weighted by atomic mass is 32.2. The SMILES string of the molecule is CC(=O)CC(c1ccccc1)c1c(O)c2ccccc2oc1=O.O=C1C(CCS(=O)c2ccccc2)C(=O)N(c2ccccc2)N1c1ccccc1. The number of hydrogen-bond acceptors (Lipinski definition) is 7. The minimum Gasteiger partial charge on any atom is -0.507 e. The number of amides is 2. The number of rotatable bonds is 10. The summed E-state index contributed by atoms with van der Waals surface area (Å²) in [6.45, 7) is 1.47. The van der Waals surface area contributed by atoms with E-state index in [1.54, 1.807) is 60.7 Å². The van der Waals surface area contributed by atoms with Crippen LogP contribution in [0.1, 0.15) is 36.8 Å². The Labute approximate surface area is 303 Å². The number of carbonyl (C=O) groups is 3. The molecule has 0 spiro atoms. The number of para-hydroxylation sites is 3. The second kappa shape index (κ2) is 16.3. The van der Waals surface area contributed by atoms with Crippen LogP contribution >= 0.6 is 0 Å². The second-order valence-electron chi connectivity index (χ2n) is 12.2. The molecule has 9 nitrogen and oxygen atoms in total. The molecule has 1 N–H and O–H groups in total. The third kappa shape index (κ3) is 7.77. The first-order valence-corrected chi connectivity index (χ1v) is 18.1. The molecule has 0 radical (unpaired) electrons. The molecule has 2 amide bonds. The molecule has 1 aliphatic heterocycles. The van der Waals surface area contributed by atoms with Gasteiger partial charge in [-0.15, -0.1) is 0 Å². The molecule has 52 heavy (non-hydrogen) atoms. The first-order chi connectivity index (χ1) is 25.2. The summed E-state index contributed by atoms with van der Waals surface area (Å²) in [4.78, 5) is 51.2. The fraction of sp³-hybridized carbons (Fsp3) is 0.143. The van der Waals surface area contributed by atoms with Crippen LogP contribution in [-0.4, -0.2) is 32.7 Å². The lowest BCUT2D eigenvalue weighted by Gasteiger charge is -2.27. The quantitative estimate of drug-likeness (QED) is 0.116. The number of anilines is 2. The van der Waals surface area contributed by atoms with E-state index < -0.39 is 28.3 Å². The third-order valence-electron chi connectivity index (χ3n) is 8.68. The average Bonchev–Trinajstić information content (AvgIpc) is 3.43. The number of aromatic hydroxyl groups is 1. The van der Waals surface area contributed by atoms with Gasteiger partial charge in [0.1, 0.15) is 23.0 Å². The first kappa shape index (κ1) is 35.7. The normalized spacial score (nSPS) is 14.2. The van der Waals surface area contributed by atoms with Gasteiger partial charge >= 0.3 is 5.63 Å². The predicted molar refractivity (Wildman–Crippen MR) is 201 cm³/mol. The summed E-state index contributed by atoms with van der Waals surface area (Å²) in [5, 5.41) is 13.9. The van der Waals surface area contributed by atoms with E-state index in [-0.39, 0.29) is 47.5 Å².